The molecule has 1 atom stereocenters. The molecule has 0 nitrogen and oxygen atoms in total. The van der Waals surface area contributed by atoms with E-state index >= 15 is 0 Å². The molecule has 0 heteroatoms. The highest BCUT2D eigenvalue weighted by Crippen LogP contribution is 2.43. The lowest BCUT2D eigenvalue weighted by molar-refractivity contribution is 0.783. The maximum absolute atomic E-state index is 2.42. The smallest absolute Gasteiger partial charge is 0.00561 e. The van der Waals surface area contributed by atoms with Crippen molar-refractivity contribution in [2.24, 2.45) is 5.92 Å². The lowest BCUT2D eigenvalue weighted by atomic mass is 9.80. The van der Waals surface area contributed by atoms with E-state index in [9.17, 15) is 0 Å². The average Bonchev–Trinajstić information content (AvgIpc) is 3.08. The van der Waals surface area contributed by atoms with E-state index in [1.165, 1.54) is 77.2 Å². The van der Waals surface area contributed by atoms with Crippen molar-refractivity contribution >= 4 is 39.3 Å². The van der Waals surface area contributed by atoms with Crippen molar-refractivity contribution in [3.05, 3.63) is 160 Å². The van der Waals surface area contributed by atoms with E-state index in [1.54, 1.807) is 0 Å². The van der Waals surface area contributed by atoms with E-state index in [-0.39, 0.29) is 0 Å². The second-order valence-corrected chi connectivity index (χ2v) is 12.6. The zero-order valence-corrected chi connectivity index (χ0v) is 26.8. The van der Waals surface area contributed by atoms with Crippen molar-refractivity contribution in [3.8, 4) is 11.1 Å². The van der Waals surface area contributed by atoms with Crippen LogP contribution in [-0.4, -0.2) is 0 Å². The van der Waals surface area contributed by atoms with E-state index in [0.717, 1.165) is 32.1 Å². The van der Waals surface area contributed by atoms with Gasteiger partial charge >= 0.3 is 0 Å². The van der Waals surface area contributed by atoms with Crippen molar-refractivity contribution in [2.75, 3.05) is 0 Å². The Labute approximate surface area is 268 Å². The Hall–Kier alpha value is -4.68. The zero-order chi connectivity index (χ0) is 30.8. The highest BCUT2D eigenvalue weighted by molar-refractivity contribution is 6.05. The third-order valence-electron chi connectivity index (χ3n) is 9.65. The molecule has 0 saturated carbocycles. The standard InChI is InChI=1S/C45H42/c1-4-6-7-14-32(13-5-2)27-39-17-12-20-43-41-18-10-11-19-42(41)45(31(3)44(39)43)40-26-25-37-29-36(23-24-38(37)30-40)35-22-21-33-15-8-9-16-34(33)28-35/h4,6-10,12,14-18,20,22-30,33H,5,11,13,19,21H2,1-3H3/b6-4-,14-7-,32-27+. The summed E-state index contributed by atoms with van der Waals surface area (Å²) in [5.41, 5.74) is 13.7. The van der Waals surface area contributed by atoms with E-state index < -0.39 is 0 Å². The first kappa shape index (κ1) is 29.1. The molecule has 3 aliphatic carbocycles. The Morgan fingerprint density at radius 1 is 0.933 bits per heavy atom. The molecule has 0 bridgehead atoms. The molecule has 7 rings (SSSR count). The largest absolute Gasteiger partial charge is 0.0877 e. The summed E-state index contributed by atoms with van der Waals surface area (Å²) < 4.78 is 0. The molecule has 1 unspecified atom stereocenters. The minimum Gasteiger partial charge on any atom is -0.0877 e. The van der Waals surface area contributed by atoms with Gasteiger partial charge in [0.2, 0.25) is 0 Å². The highest BCUT2D eigenvalue weighted by Gasteiger charge is 2.21. The molecular weight excluding hydrogens is 540 g/mol. The van der Waals surface area contributed by atoms with Crippen molar-refractivity contribution in [1.29, 1.82) is 0 Å². The van der Waals surface area contributed by atoms with Gasteiger partial charge < -0.3 is 0 Å². The van der Waals surface area contributed by atoms with Gasteiger partial charge in [0.05, 0.1) is 0 Å². The monoisotopic (exact) mass is 582 g/mol. The summed E-state index contributed by atoms with van der Waals surface area (Å²) in [6.45, 7) is 6.68. The summed E-state index contributed by atoms with van der Waals surface area (Å²) in [6.07, 6.45) is 34.9. The number of rotatable bonds is 7. The van der Waals surface area contributed by atoms with E-state index in [0.29, 0.717) is 5.92 Å². The zero-order valence-electron chi connectivity index (χ0n) is 26.8. The maximum Gasteiger partial charge on any atom is 0.00561 e. The molecule has 3 aliphatic rings. The second kappa shape index (κ2) is 12.7. The van der Waals surface area contributed by atoms with Crippen LogP contribution in [0.5, 0.6) is 0 Å². The van der Waals surface area contributed by atoms with Crippen LogP contribution in [0.1, 0.15) is 67.3 Å². The van der Waals surface area contributed by atoms with Crippen LogP contribution < -0.4 is 0 Å². The molecule has 4 aromatic rings. The fourth-order valence-electron chi connectivity index (χ4n) is 7.48. The fourth-order valence-corrected chi connectivity index (χ4v) is 7.48. The third kappa shape index (κ3) is 5.67. The highest BCUT2D eigenvalue weighted by atomic mass is 14.2. The number of aryl methyl sites for hydroxylation is 1. The predicted octanol–water partition coefficient (Wildman–Crippen LogP) is 12.7. The third-order valence-corrected chi connectivity index (χ3v) is 9.65. The number of allylic oxidation sites excluding steroid dienone is 14. The summed E-state index contributed by atoms with van der Waals surface area (Å²) in [5, 5.41) is 5.34. The Morgan fingerprint density at radius 2 is 1.78 bits per heavy atom. The Kier molecular flexibility index (Phi) is 8.23. The number of hydrogen-bond donors (Lipinski definition) is 0. The van der Waals surface area contributed by atoms with Crippen LogP contribution in [0.4, 0.5) is 0 Å². The summed E-state index contributed by atoms with van der Waals surface area (Å²) in [6, 6.07) is 21.0. The Morgan fingerprint density at radius 3 is 2.62 bits per heavy atom. The number of benzene rings is 4. The molecule has 0 N–H and O–H groups in total. The van der Waals surface area contributed by atoms with Crippen LogP contribution in [0.25, 0.3) is 50.4 Å². The molecule has 45 heavy (non-hydrogen) atoms. The molecule has 0 saturated heterocycles. The van der Waals surface area contributed by atoms with Crippen molar-refractivity contribution in [3.63, 3.8) is 0 Å². The van der Waals surface area contributed by atoms with Crippen molar-refractivity contribution in [2.45, 2.75) is 52.9 Å². The van der Waals surface area contributed by atoms with E-state index in [2.05, 4.69) is 154 Å². The molecular formula is C45H42. The van der Waals surface area contributed by atoms with Crippen molar-refractivity contribution in [1.82, 2.24) is 0 Å². The molecule has 0 spiro atoms. The summed E-state index contributed by atoms with van der Waals surface area (Å²) in [7, 11) is 0. The SMILES string of the molecule is C\C=C/C=C\C(=C\c1cccc2c3c(c(-c4ccc5cc(C6=CCC7C=CC=CC7=C6)ccc5c4)c(C)c12)CCC=C3)CCC. The number of fused-ring (bicyclic) bond motifs is 5. The van der Waals surface area contributed by atoms with Gasteiger partial charge in [-0.15, -0.1) is 0 Å². The quantitative estimate of drug-likeness (QED) is 0.190. The summed E-state index contributed by atoms with van der Waals surface area (Å²) >= 11 is 0. The van der Waals surface area contributed by atoms with Crippen LogP contribution in [-0.2, 0) is 6.42 Å². The van der Waals surface area contributed by atoms with Gasteiger partial charge in [-0.25, -0.2) is 0 Å². The van der Waals surface area contributed by atoms with Gasteiger partial charge in [-0.05, 0) is 129 Å². The van der Waals surface area contributed by atoms with Gasteiger partial charge in [0.15, 0.2) is 0 Å². The lowest BCUT2D eigenvalue weighted by Crippen LogP contribution is -2.05. The first-order valence-corrected chi connectivity index (χ1v) is 16.7. The molecule has 4 aromatic carbocycles. The van der Waals surface area contributed by atoms with Gasteiger partial charge in [0, 0.05) is 5.92 Å². The van der Waals surface area contributed by atoms with Crippen molar-refractivity contribution < 1.29 is 0 Å². The molecule has 0 heterocycles. The van der Waals surface area contributed by atoms with Crippen LogP contribution in [0, 0.1) is 12.8 Å². The van der Waals surface area contributed by atoms with E-state index in [4.69, 9.17) is 0 Å². The fraction of sp³-hybridized carbons (Fsp3) is 0.200. The van der Waals surface area contributed by atoms with Gasteiger partial charge in [-0.2, -0.15) is 0 Å². The Balaban J connectivity index is 1.34. The van der Waals surface area contributed by atoms with Crippen LogP contribution in [0.2, 0.25) is 0 Å². The summed E-state index contributed by atoms with van der Waals surface area (Å²) in [5.74, 6) is 0.525. The maximum atomic E-state index is 2.42. The molecule has 0 fully saturated rings. The topological polar surface area (TPSA) is 0 Å². The predicted molar refractivity (Wildman–Crippen MR) is 198 cm³/mol. The van der Waals surface area contributed by atoms with Crippen LogP contribution in [0.15, 0.2) is 133 Å². The normalized spacial score (nSPS) is 17.8. The molecule has 0 amide bonds. The van der Waals surface area contributed by atoms with Gasteiger partial charge in [-0.3, -0.25) is 0 Å². The van der Waals surface area contributed by atoms with Gasteiger partial charge in [0.25, 0.3) is 0 Å². The number of hydrogen-bond acceptors (Lipinski definition) is 0. The Bertz CT molecular complexity index is 2040. The van der Waals surface area contributed by atoms with Gasteiger partial charge in [0.1, 0.15) is 0 Å². The van der Waals surface area contributed by atoms with Crippen LogP contribution >= 0.6 is 0 Å². The molecule has 0 aliphatic heterocycles. The van der Waals surface area contributed by atoms with Crippen LogP contribution in [0.3, 0.4) is 0 Å². The first-order valence-electron chi connectivity index (χ1n) is 16.7. The summed E-state index contributed by atoms with van der Waals surface area (Å²) in [4.78, 5) is 0. The first-order chi connectivity index (χ1) is 22.1. The minimum atomic E-state index is 0.525. The van der Waals surface area contributed by atoms with Gasteiger partial charge in [-0.1, -0.05) is 135 Å². The second-order valence-electron chi connectivity index (χ2n) is 12.6. The lowest BCUT2D eigenvalue weighted by Gasteiger charge is -2.23. The molecule has 0 aromatic heterocycles. The molecule has 222 valence electrons. The average molecular weight is 583 g/mol. The molecule has 0 radical (unpaired) electrons. The minimum absolute atomic E-state index is 0.525. The van der Waals surface area contributed by atoms with E-state index in [1.807, 2.05) is 0 Å².